The van der Waals surface area contributed by atoms with Crippen LogP contribution in [0.2, 0.25) is 0 Å². The molecule has 0 aliphatic carbocycles. The zero-order valence-corrected chi connectivity index (χ0v) is 14.9. The number of rotatable bonds is 7. The van der Waals surface area contributed by atoms with Crippen molar-refractivity contribution in [3.05, 3.63) is 90.3 Å². The first-order valence-corrected chi connectivity index (χ1v) is 8.77. The minimum absolute atomic E-state index is 0.0283. The van der Waals surface area contributed by atoms with Gasteiger partial charge in [-0.3, -0.25) is 14.6 Å². The molecule has 1 heterocycles. The van der Waals surface area contributed by atoms with E-state index in [1.54, 1.807) is 6.20 Å². The topological polar surface area (TPSA) is 71.1 Å². The molecule has 2 aromatic carbocycles. The molecule has 2 N–H and O–H groups in total. The van der Waals surface area contributed by atoms with Crippen molar-refractivity contribution in [2.24, 2.45) is 0 Å². The molecule has 0 fully saturated rings. The van der Waals surface area contributed by atoms with Gasteiger partial charge in [-0.25, -0.2) is 0 Å². The number of carbonyl (C=O) groups excluding carboxylic acids is 2. The third-order valence-corrected chi connectivity index (χ3v) is 4.09. The largest absolute Gasteiger partial charge is 0.350 e. The summed E-state index contributed by atoms with van der Waals surface area (Å²) >= 11 is 0. The van der Waals surface area contributed by atoms with E-state index < -0.39 is 0 Å². The number of aromatic nitrogens is 1. The Morgan fingerprint density at radius 2 is 1.52 bits per heavy atom. The highest BCUT2D eigenvalue weighted by Crippen LogP contribution is 2.18. The lowest BCUT2D eigenvalue weighted by Crippen LogP contribution is -2.37. The van der Waals surface area contributed by atoms with E-state index in [9.17, 15) is 9.59 Å². The molecule has 0 unspecified atom stereocenters. The summed E-state index contributed by atoms with van der Waals surface area (Å²) in [6.07, 6.45) is 3.82. The molecule has 3 aromatic rings. The van der Waals surface area contributed by atoms with E-state index in [0.29, 0.717) is 6.54 Å². The number of nitrogens with one attached hydrogen (secondary N) is 2. The van der Waals surface area contributed by atoms with Crippen LogP contribution in [0, 0.1) is 0 Å². The summed E-state index contributed by atoms with van der Waals surface area (Å²) in [4.78, 5) is 27.9. The minimum atomic E-state index is -0.215. The van der Waals surface area contributed by atoms with Gasteiger partial charge in [0, 0.05) is 18.9 Å². The molecule has 5 nitrogen and oxygen atoms in total. The Labute approximate surface area is 158 Å². The van der Waals surface area contributed by atoms with E-state index in [4.69, 9.17) is 0 Å². The third-order valence-electron chi connectivity index (χ3n) is 4.09. The molecule has 0 atom stereocenters. The maximum atomic E-state index is 11.9. The quantitative estimate of drug-likeness (QED) is 0.681. The second-order valence-corrected chi connectivity index (χ2v) is 6.15. The van der Waals surface area contributed by atoms with Gasteiger partial charge in [0.25, 0.3) is 0 Å². The predicted molar refractivity (Wildman–Crippen MR) is 105 cm³/mol. The number of carbonyl (C=O) groups is 2. The summed E-state index contributed by atoms with van der Waals surface area (Å²) in [5.74, 6) is -0.384. The van der Waals surface area contributed by atoms with Crippen LogP contribution in [0.4, 0.5) is 0 Å². The number of benzene rings is 2. The van der Waals surface area contributed by atoms with E-state index in [1.807, 2.05) is 72.9 Å². The van der Waals surface area contributed by atoms with E-state index in [0.717, 1.165) is 22.3 Å². The smallest absolute Gasteiger partial charge is 0.239 e. The number of pyridine rings is 1. The lowest BCUT2D eigenvalue weighted by molar-refractivity contribution is -0.125. The molecular formula is C22H21N3O2. The van der Waals surface area contributed by atoms with Crippen molar-refractivity contribution in [1.29, 1.82) is 0 Å². The molecule has 136 valence electrons. The van der Waals surface area contributed by atoms with Gasteiger partial charge in [0.1, 0.15) is 0 Å². The molecule has 0 saturated carbocycles. The fourth-order valence-corrected chi connectivity index (χ4v) is 2.63. The highest BCUT2D eigenvalue weighted by molar-refractivity contribution is 5.85. The predicted octanol–water partition coefficient (Wildman–Crippen LogP) is 2.72. The van der Waals surface area contributed by atoms with Gasteiger partial charge >= 0.3 is 0 Å². The second-order valence-electron chi connectivity index (χ2n) is 6.15. The number of nitrogens with zero attached hydrogens (tertiary/aromatic N) is 1. The lowest BCUT2D eigenvalue weighted by atomic mass is 10.1. The number of hydrogen-bond donors (Lipinski definition) is 2. The second kappa shape index (κ2) is 9.29. The maximum Gasteiger partial charge on any atom is 0.239 e. The third kappa shape index (κ3) is 5.78. The Bertz CT molecular complexity index is 878. The average Bonchev–Trinajstić information content (AvgIpc) is 2.72. The highest BCUT2D eigenvalue weighted by Gasteiger charge is 2.06. The molecule has 0 bridgehead atoms. The monoisotopic (exact) mass is 359 g/mol. The van der Waals surface area contributed by atoms with E-state index >= 15 is 0 Å². The van der Waals surface area contributed by atoms with Crippen LogP contribution in [-0.2, 0) is 22.6 Å². The summed E-state index contributed by atoms with van der Waals surface area (Å²) < 4.78 is 0. The van der Waals surface area contributed by atoms with Crippen LogP contribution in [0.25, 0.3) is 11.1 Å². The summed E-state index contributed by atoms with van der Waals surface area (Å²) in [6, 6.07) is 21.3. The van der Waals surface area contributed by atoms with Crippen molar-refractivity contribution < 1.29 is 9.59 Å². The van der Waals surface area contributed by atoms with Gasteiger partial charge in [0.2, 0.25) is 11.8 Å². The van der Waals surface area contributed by atoms with Gasteiger partial charge < -0.3 is 10.6 Å². The van der Waals surface area contributed by atoms with Crippen molar-refractivity contribution in [3.8, 4) is 11.1 Å². The SMILES string of the molecule is O=C(CNC(=O)Cc1ccccc1)NCc1ccc(-c2cccnc2)cc1. The van der Waals surface area contributed by atoms with Gasteiger partial charge in [-0.1, -0.05) is 60.7 Å². The first-order chi connectivity index (χ1) is 13.2. The van der Waals surface area contributed by atoms with Crippen molar-refractivity contribution in [1.82, 2.24) is 15.6 Å². The van der Waals surface area contributed by atoms with Gasteiger partial charge in [-0.05, 0) is 28.3 Å². The van der Waals surface area contributed by atoms with E-state index in [-0.39, 0.29) is 24.8 Å². The van der Waals surface area contributed by atoms with Crippen molar-refractivity contribution in [2.45, 2.75) is 13.0 Å². The average molecular weight is 359 g/mol. The van der Waals surface area contributed by atoms with Crippen LogP contribution in [0.3, 0.4) is 0 Å². The van der Waals surface area contributed by atoms with Crippen LogP contribution in [0.5, 0.6) is 0 Å². The summed E-state index contributed by atoms with van der Waals surface area (Å²) in [7, 11) is 0. The van der Waals surface area contributed by atoms with Crippen LogP contribution in [0.15, 0.2) is 79.1 Å². The molecule has 27 heavy (non-hydrogen) atoms. The normalized spacial score (nSPS) is 10.2. The fourth-order valence-electron chi connectivity index (χ4n) is 2.63. The molecule has 3 rings (SSSR count). The molecule has 0 aliphatic rings. The van der Waals surface area contributed by atoms with Crippen molar-refractivity contribution in [2.75, 3.05) is 6.54 Å². The van der Waals surface area contributed by atoms with Crippen molar-refractivity contribution in [3.63, 3.8) is 0 Å². The van der Waals surface area contributed by atoms with Crippen molar-refractivity contribution >= 4 is 11.8 Å². The Morgan fingerprint density at radius 1 is 0.741 bits per heavy atom. The number of hydrogen-bond acceptors (Lipinski definition) is 3. The Morgan fingerprint density at radius 3 is 2.22 bits per heavy atom. The molecule has 0 radical (unpaired) electrons. The highest BCUT2D eigenvalue weighted by atomic mass is 16.2. The summed E-state index contributed by atoms with van der Waals surface area (Å²) in [5.41, 5.74) is 4.04. The first-order valence-electron chi connectivity index (χ1n) is 8.77. The molecule has 0 aliphatic heterocycles. The van der Waals surface area contributed by atoms with Gasteiger partial charge in [-0.2, -0.15) is 0 Å². The fraction of sp³-hybridized carbons (Fsp3) is 0.136. The van der Waals surface area contributed by atoms with Crippen LogP contribution >= 0.6 is 0 Å². The molecule has 2 amide bonds. The van der Waals surface area contributed by atoms with Gasteiger partial charge in [-0.15, -0.1) is 0 Å². The Hall–Kier alpha value is -3.47. The molecule has 1 aromatic heterocycles. The Balaban J connectivity index is 1.42. The zero-order chi connectivity index (χ0) is 18.9. The standard InChI is InChI=1S/C22H21N3O2/c26-21(13-17-5-2-1-3-6-17)25-16-22(27)24-14-18-8-10-19(11-9-18)20-7-4-12-23-15-20/h1-12,15H,13-14,16H2,(H,24,27)(H,25,26). The summed E-state index contributed by atoms with van der Waals surface area (Å²) in [6.45, 7) is 0.389. The van der Waals surface area contributed by atoms with Crippen LogP contribution in [0.1, 0.15) is 11.1 Å². The van der Waals surface area contributed by atoms with Gasteiger partial charge in [0.15, 0.2) is 0 Å². The lowest BCUT2D eigenvalue weighted by Gasteiger charge is -2.08. The molecule has 0 saturated heterocycles. The van der Waals surface area contributed by atoms with E-state index in [2.05, 4.69) is 15.6 Å². The minimum Gasteiger partial charge on any atom is -0.350 e. The van der Waals surface area contributed by atoms with Crippen LogP contribution in [-0.4, -0.2) is 23.3 Å². The first kappa shape index (κ1) is 18.3. The van der Waals surface area contributed by atoms with Crippen LogP contribution < -0.4 is 10.6 Å². The van der Waals surface area contributed by atoms with E-state index in [1.165, 1.54) is 0 Å². The molecule has 0 spiro atoms. The zero-order valence-electron chi connectivity index (χ0n) is 14.9. The Kier molecular flexibility index (Phi) is 6.30. The molecular weight excluding hydrogens is 338 g/mol. The molecule has 5 heteroatoms. The summed E-state index contributed by atoms with van der Waals surface area (Å²) in [5, 5.41) is 5.45. The maximum absolute atomic E-state index is 11.9. The van der Waals surface area contributed by atoms with Gasteiger partial charge in [0.05, 0.1) is 13.0 Å². The number of amides is 2.